The quantitative estimate of drug-likeness (QED) is 0.939. The van der Waals surface area contributed by atoms with E-state index >= 15 is 0 Å². The van der Waals surface area contributed by atoms with E-state index in [0.717, 1.165) is 12.2 Å². The lowest BCUT2D eigenvalue weighted by molar-refractivity contribution is 0.0559. The number of aromatic nitrogens is 4. The number of hydrogen-bond donors (Lipinski definition) is 1. The van der Waals surface area contributed by atoms with Gasteiger partial charge < -0.3 is 10.0 Å². The number of pyridine rings is 1. The number of nitrogens with zero attached hydrogens (tertiary/aromatic N) is 5. The van der Waals surface area contributed by atoms with Crippen LogP contribution in [-0.2, 0) is 5.60 Å². The van der Waals surface area contributed by atoms with Crippen molar-refractivity contribution < 1.29 is 5.11 Å². The van der Waals surface area contributed by atoms with Gasteiger partial charge in [0.15, 0.2) is 0 Å². The molecule has 1 saturated heterocycles. The summed E-state index contributed by atoms with van der Waals surface area (Å²) in [6.07, 6.45) is 5.74. The van der Waals surface area contributed by atoms with Gasteiger partial charge in [-0.15, -0.1) is 5.10 Å². The van der Waals surface area contributed by atoms with E-state index in [0.29, 0.717) is 23.7 Å². The summed E-state index contributed by atoms with van der Waals surface area (Å²) in [5, 5.41) is 19.7. The topological polar surface area (TPSA) is 67.1 Å². The summed E-state index contributed by atoms with van der Waals surface area (Å²) >= 11 is 6.17. The Hall–Kier alpha value is -1.66. The van der Waals surface area contributed by atoms with Crippen LogP contribution in [0.25, 0.3) is 0 Å². The Morgan fingerprint density at radius 3 is 2.90 bits per heavy atom. The summed E-state index contributed by atoms with van der Waals surface area (Å²) in [6.45, 7) is 5.22. The first-order valence-electron chi connectivity index (χ1n) is 6.99. The number of hydrogen-bond acceptors (Lipinski definition) is 5. The van der Waals surface area contributed by atoms with Gasteiger partial charge in [0.1, 0.15) is 11.3 Å². The van der Waals surface area contributed by atoms with E-state index in [4.69, 9.17) is 11.6 Å². The monoisotopic (exact) mass is 307 g/mol. The van der Waals surface area contributed by atoms with Crippen LogP contribution in [0.3, 0.4) is 0 Å². The summed E-state index contributed by atoms with van der Waals surface area (Å²) in [5.41, 5.74) is 0.516. The van der Waals surface area contributed by atoms with Crippen molar-refractivity contribution in [1.82, 2.24) is 20.0 Å². The minimum atomic E-state index is -0.986. The Balaban J connectivity index is 1.83. The molecular formula is C14H18ClN5O. The van der Waals surface area contributed by atoms with Crippen LogP contribution in [-0.4, -0.2) is 38.2 Å². The molecule has 0 radical (unpaired) electrons. The third kappa shape index (κ3) is 2.61. The van der Waals surface area contributed by atoms with Crippen molar-refractivity contribution >= 4 is 17.3 Å². The molecule has 3 heterocycles. The fourth-order valence-corrected chi connectivity index (χ4v) is 2.81. The largest absolute Gasteiger partial charge is 0.381 e. The van der Waals surface area contributed by atoms with Crippen LogP contribution >= 0.6 is 11.6 Å². The smallest absolute Gasteiger partial charge is 0.129 e. The normalized spacial score (nSPS) is 22.2. The predicted octanol–water partition coefficient (Wildman–Crippen LogP) is 2.01. The van der Waals surface area contributed by atoms with Crippen LogP contribution in [0.5, 0.6) is 0 Å². The summed E-state index contributed by atoms with van der Waals surface area (Å²) < 4.78 is 1.76. The molecule has 1 atom stereocenters. The second-order valence-corrected chi connectivity index (χ2v) is 6.11. The zero-order valence-corrected chi connectivity index (χ0v) is 12.8. The Kier molecular flexibility index (Phi) is 3.59. The Labute approximate surface area is 128 Å². The van der Waals surface area contributed by atoms with E-state index < -0.39 is 5.60 Å². The average molecular weight is 308 g/mol. The van der Waals surface area contributed by atoms with E-state index in [1.165, 1.54) is 0 Å². The van der Waals surface area contributed by atoms with Gasteiger partial charge in [-0.3, -0.25) is 4.98 Å². The van der Waals surface area contributed by atoms with Gasteiger partial charge in [-0.05, 0) is 19.9 Å². The summed E-state index contributed by atoms with van der Waals surface area (Å²) in [5.74, 6) is 0. The maximum absolute atomic E-state index is 10.9. The fourth-order valence-electron chi connectivity index (χ4n) is 2.58. The third-order valence-corrected chi connectivity index (χ3v) is 4.15. The van der Waals surface area contributed by atoms with Gasteiger partial charge in [-0.1, -0.05) is 16.8 Å². The molecule has 1 aliphatic rings. The van der Waals surface area contributed by atoms with Crippen LogP contribution in [0.2, 0.25) is 5.02 Å². The molecule has 1 N–H and O–H groups in total. The summed E-state index contributed by atoms with van der Waals surface area (Å²) in [7, 11) is 0. The number of β-amino-alcohol motifs (C(OH)–C–C–N with tert-alkyl or cyclic N) is 1. The molecule has 0 aliphatic carbocycles. The number of anilines is 1. The molecule has 6 nitrogen and oxygen atoms in total. The van der Waals surface area contributed by atoms with E-state index in [9.17, 15) is 5.11 Å². The molecule has 1 aliphatic heterocycles. The maximum Gasteiger partial charge on any atom is 0.129 e. The molecule has 0 bridgehead atoms. The molecule has 3 rings (SSSR count). The lowest BCUT2D eigenvalue weighted by Crippen LogP contribution is -2.31. The lowest BCUT2D eigenvalue weighted by atomic mass is 10.00. The second kappa shape index (κ2) is 5.27. The molecule has 0 spiro atoms. The van der Waals surface area contributed by atoms with E-state index in [1.807, 2.05) is 26.1 Å². The van der Waals surface area contributed by atoms with Crippen molar-refractivity contribution in [3.63, 3.8) is 0 Å². The number of rotatable bonds is 3. The average Bonchev–Trinajstić information content (AvgIpc) is 3.07. The molecule has 2 aromatic heterocycles. The standard InChI is InChI=1S/C14H18ClN5O/c1-10(2)20-8-13(17-18-20)14(21)4-6-19(9-14)12-3-5-16-7-11(12)15/h3,5,7-8,10,21H,4,6,9H2,1-2H3. The molecule has 112 valence electrons. The van der Waals surface area contributed by atoms with Crippen molar-refractivity contribution in [2.24, 2.45) is 0 Å². The maximum atomic E-state index is 10.9. The van der Waals surface area contributed by atoms with Crippen LogP contribution in [0.4, 0.5) is 5.69 Å². The first-order chi connectivity index (χ1) is 9.99. The van der Waals surface area contributed by atoms with Gasteiger partial charge in [0.2, 0.25) is 0 Å². The highest BCUT2D eigenvalue weighted by atomic mass is 35.5. The molecule has 1 unspecified atom stereocenters. The van der Waals surface area contributed by atoms with Crippen LogP contribution < -0.4 is 4.90 Å². The Morgan fingerprint density at radius 1 is 1.43 bits per heavy atom. The van der Waals surface area contributed by atoms with E-state index in [2.05, 4.69) is 20.2 Å². The van der Waals surface area contributed by atoms with Gasteiger partial charge in [0, 0.05) is 31.4 Å². The molecule has 7 heteroatoms. The van der Waals surface area contributed by atoms with Crippen LogP contribution in [0.1, 0.15) is 32.0 Å². The summed E-state index contributed by atoms with van der Waals surface area (Å²) in [4.78, 5) is 6.04. The third-order valence-electron chi connectivity index (χ3n) is 3.86. The zero-order valence-electron chi connectivity index (χ0n) is 12.1. The highest BCUT2D eigenvalue weighted by Crippen LogP contribution is 2.36. The van der Waals surface area contributed by atoms with Crippen molar-refractivity contribution in [1.29, 1.82) is 0 Å². The van der Waals surface area contributed by atoms with Gasteiger partial charge >= 0.3 is 0 Å². The van der Waals surface area contributed by atoms with Gasteiger partial charge in [-0.25, -0.2) is 4.68 Å². The molecule has 1 fully saturated rings. The molecule has 21 heavy (non-hydrogen) atoms. The Bertz CT molecular complexity index is 644. The number of halogens is 1. The van der Waals surface area contributed by atoms with Crippen LogP contribution in [0.15, 0.2) is 24.7 Å². The van der Waals surface area contributed by atoms with Crippen LogP contribution in [0, 0.1) is 0 Å². The number of aliphatic hydroxyl groups is 1. The molecule has 0 aromatic carbocycles. The van der Waals surface area contributed by atoms with E-state index in [1.54, 1.807) is 17.1 Å². The highest BCUT2D eigenvalue weighted by molar-refractivity contribution is 6.33. The molecular weight excluding hydrogens is 290 g/mol. The molecule has 0 amide bonds. The second-order valence-electron chi connectivity index (χ2n) is 5.71. The SMILES string of the molecule is CC(C)n1cc(C2(O)CCN(c3ccncc3Cl)C2)nn1. The molecule has 2 aromatic rings. The van der Waals surface area contributed by atoms with Crippen molar-refractivity contribution in [3.8, 4) is 0 Å². The highest BCUT2D eigenvalue weighted by Gasteiger charge is 2.40. The minimum Gasteiger partial charge on any atom is -0.381 e. The van der Waals surface area contributed by atoms with Gasteiger partial charge in [0.25, 0.3) is 0 Å². The summed E-state index contributed by atoms with van der Waals surface area (Å²) in [6, 6.07) is 2.08. The van der Waals surface area contributed by atoms with Gasteiger partial charge in [-0.2, -0.15) is 0 Å². The van der Waals surface area contributed by atoms with Gasteiger partial charge in [0.05, 0.1) is 23.5 Å². The minimum absolute atomic E-state index is 0.224. The predicted molar refractivity (Wildman–Crippen MR) is 80.4 cm³/mol. The Morgan fingerprint density at radius 2 is 2.24 bits per heavy atom. The van der Waals surface area contributed by atoms with Crippen molar-refractivity contribution in [2.45, 2.75) is 31.9 Å². The zero-order chi connectivity index (χ0) is 15.0. The first-order valence-corrected chi connectivity index (χ1v) is 7.36. The fraction of sp³-hybridized carbons (Fsp3) is 0.500. The lowest BCUT2D eigenvalue weighted by Gasteiger charge is -2.23. The first kappa shape index (κ1) is 14.3. The van der Waals surface area contributed by atoms with Crippen molar-refractivity contribution in [3.05, 3.63) is 35.4 Å². The van der Waals surface area contributed by atoms with Crippen molar-refractivity contribution in [2.75, 3.05) is 18.0 Å². The van der Waals surface area contributed by atoms with E-state index in [-0.39, 0.29) is 6.04 Å². The molecule has 0 saturated carbocycles.